The van der Waals surface area contributed by atoms with E-state index in [2.05, 4.69) is 29.4 Å². The Balaban J connectivity index is 1.43. The number of nitrogens with one attached hydrogen (secondary N) is 2. The highest BCUT2D eigenvalue weighted by molar-refractivity contribution is 6.32. The fraction of sp³-hybridized carbons (Fsp3) is 0.207. The smallest absolute Gasteiger partial charge is 0.257 e. The van der Waals surface area contributed by atoms with E-state index in [0.717, 1.165) is 31.1 Å². The lowest BCUT2D eigenvalue weighted by atomic mass is 9.98. The number of carbonyl (C=O) groups is 3. The Kier molecular flexibility index (Phi) is 8.00. The van der Waals surface area contributed by atoms with E-state index < -0.39 is 5.91 Å². The molecule has 1 aliphatic heterocycles. The second kappa shape index (κ2) is 11.5. The minimum atomic E-state index is -0.601. The third-order valence-electron chi connectivity index (χ3n) is 6.28. The van der Waals surface area contributed by atoms with E-state index in [0.29, 0.717) is 34.6 Å². The minimum Gasteiger partial charge on any atom is -0.492 e. The van der Waals surface area contributed by atoms with E-state index in [1.54, 1.807) is 42.6 Å². The molecule has 2 amide bonds. The van der Waals surface area contributed by atoms with Gasteiger partial charge in [0.05, 0.1) is 5.57 Å². The molecule has 0 spiro atoms. The van der Waals surface area contributed by atoms with Gasteiger partial charge in [0.15, 0.2) is 5.78 Å². The number of rotatable bonds is 11. The number of carbonyl (C=O) groups excluding carboxylic acids is 3. The molecule has 0 atom stereocenters. The largest absolute Gasteiger partial charge is 0.492 e. The average Bonchev–Trinajstić information content (AvgIpc) is 3.24. The van der Waals surface area contributed by atoms with Gasteiger partial charge < -0.3 is 26.0 Å². The van der Waals surface area contributed by atoms with Crippen molar-refractivity contribution in [3.05, 3.63) is 95.2 Å². The van der Waals surface area contributed by atoms with Crippen LogP contribution in [0.5, 0.6) is 5.75 Å². The summed E-state index contributed by atoms with van der Waals surface area (Å²) in [4.78, 5) is 39.3. The first-order valence-electron chi connectivity index (χ1n) is 12.2. The summed E-state index contributed by atoms with van der Waals surface area (Å²) in [5.74, 6) is -0.349. The van der Waals surface area contributed by atoms with Crippen LogP contribution in [0.4, 0.5) is 11.4 Å². The molecule has 37 heavy (non-hydrogen) atoms. The van der Waals surface area contributed by atoms with Gasteiger partial charge in [0.2, 0.25) is 5.91 Å². The molecule has 0 aromatic heterocycles. The van der Waals surface area contributed by atoms with Crippen molar-refractivity contribution in [2.45, 2.75) is 13.8 Å². The molecule has 0 unspecified atom stereocenters. The molecule has 8 nitrogen and oxygen atoms in total. The Morgan fingerprint density at radius 3 is 2.38 bits per heavy atom. The summed E-state index contributed by atoms with van der Waals surface area (Å²) < 4.78 is 5.82. The predicted molar refractivity (Wildman–Crippen MR) is 145 cm³/mol. The van der Waals surface area contributed by atoms with Gasteiger partial charge in [0, 0.05) is 46.4 Å². The van der Waals surface area contributed by atoms with E-state index in [4.69, 9.17) is 10.5 Å². The highest BCUT2D eigenvalue weighted by Gasteiger charge is 2.25. The molecule has 1 aliphatic rings. The van der Waals surface area contributed by atoms with Crippen LogP contribution < -0.4 is 21.1 Å². The summed E-state index contributed by atoms with van der Waals surface area (Å²) in [6.45, 7) is 7.75. The van der Waals surface area contributed by atoms with Gasteiger partial charge >= 0.3 is 0 Å². The number of nitrogens with zero attached hydrogens (tertiary/aromatic N) is 1. The Labute approximate surface area is 216 Å². The molecule has 8 heteroatoms. The summed E-state index contributed by atoms with van der Waals surface area (Å²) in [5, 5.41) is 5.97. The van der Waals surface area contributed by atoms with Crippen molar-refractivity contribution in [1.29, 1.82) is 0 Å². The normalized spacial score (nSPS) is 13.4. The SMILES string of the molecule is CCN(CC)CCOc1ccc(NC=C2C(=O)Nc3cc(C(=O)c4cccc(C(N)=O)c4)ccc32)cc1. The topological polar surface area (TPSA) is 114 Å². The molecule has 3 aromatic carbocycles. The third kappa shape index (κ3) is 6.05. The Bertz CT molecular complexity index is 1340. The maximum absolute atomic E-state index is 12.9. The van der Waals surface area contributed by atoms with E-state index in [1.165, 1.54) is 6.07 Å². The Morgan fingerprint density at radius 1 is 0.973 bits per heavy atom. The lowest BCUT2D eigenvalue weighted by molar-refractivity contribution is -0.110. The number of benzene rings is 3. The lowest BCUT2D eigenvalue weighted by Gasteiger charge is -2.18. The predicted octanol–water partition coefficient (Wildman–Crippen LogP) is 4.14. The van der Waals surface area contributed by atoms with Crippen LogP contribution in [0.2, 0.25) is 0 Å². The van der Waals surface area contributed by atoms with Crippen molar-refractivity contribution >= 4 is 34.5 Å². The number of amides is 2. The fourth-order valence-corrected chi connectivity index (χ4v) is 4.09. The van der Waals surface area contributed by atoms with Gasteiger partial charge in [-0.3, -0.25) is 14.4 Å². The molecule has 1 heterocycles. The standard InChI is InChI=1S/C29H30N4O4/c1-3-33(4-2)14-15-37-23-11-9-22(10-12-23)31-18-25-24-13-8-20(17-26(24)32-29(25)36)27(34)19-6-5-7-21(16-19)28(30)35/h5-13,16-18,31H,3-4,14-15H2,1-2H3,(H2,30,35)(H,32,36). The number of anilines is 2. The van der Waals surface area contributed by atoms with Crippen molar-refractivity contribution in [2.24, 2.45) is 5.73 Å². The van der Waals surface area contributed by atoms with Crippen molar-refractivity contribution < 1.29 is 19.1 Å². The summed E-state index contributed by atoms with van der Waals surface area (Å²) in [5.41, 5.74) is 8.84. The summed E-state index contributed by atoms with van der Waals surface area (Å²) in [7, 11) is 0. The van der Waals surface area contributed by atoms with Crippen LogP contribution in [-0.2, 0) is 4.79 Å². The molecule has 190 valence electrons. The molecular weight excluding hydrogens is 468 g/mol. The second-order valence-electron chi connectivity index (χ2n) is 8.59. The first-order valence-corrected chi connectivity index (χ1v) is 12.2. The molecule has 0 fully saturated rings. The number of hydrogen-bond donors (Lipinski definition) is 3. The van der Waals surface area contributed by atoms with Gasteiger partial charge in [-0.05, 0) is 55.6 Å². The highest BCUT2D eigenvalue weighted by atomic mass is 16.5. The third-order valence-corrected chi connectivity index (χ3v) is 6.28. The van der Waals surface area contributed by atoms with Gasteiger partial charge in [-0.2, -0.15) is 0 Å². The molecule has 0 radical (unpaired) electrons. The lowest BCUT2D eigenvalue weighted by Crippen LogP contribution is -2.27. The van der Waals surface area contributed by atoms with Crippen molar-refractivity contribution in [3.8, 4) is 5.75 Å². The number of ether oxygens (including phenoxy) is 1. The molecule has 0 aliphatic carbocycles. The molecule has 0 saturated heterocycles. The first kappa shape index (κ1) is 25.7. The number of likely N-dealkylation sites (N-methyl/N-ethyl adjacent to an activating group) is 1. The zero-order valence-corrected chi connectivity index (χ0v) is 20.9. The van der Waals surface area contributed by atoms with Gasteiger partial charge in [-0.15, -0.1) is 0 Å². The quantitative estimate of drug-likeness (QED) is 0.270. The minimum absolute atomic E-state index is 0.260. The summed E-state index contributed by atoms with van der Waals surface area (Å²) in [6.07, 6.45) is 1.65. The summed E-state index contributed by atoms with van der Waals surface area (Å²) in [6, 6.07) is 18.8. The van der Waals surface area contributed by atoms with Crippen LogP contribution in [0.15, 0.2) is 72.9 Å². The van der Waals surface area contributed by atoms with E-state index in [-0.39, 0.29) is 17.3 Å². The zero-order chi connectivity index (χ0) is 26.4. The number of ketones is 1. The van der Waals surface area contributed by atoms with E-state index in [9.17, 15) is 14.4 Å². The van der Waals surface area contributed by atoms with E-state index >= 15 is 0 Å². The van der Waals surface area contributed by atoms with Gasteiger partial charge in [0.1, 0.15) is 12.4 Å². The van der Waals surface area contributed by atoms with Crippen LogP contribution in [0.3, 0.4) is 0 Å². The molecule has 4 rings (SSSR count). The van der Waals surface area contributed by atoms with Crippen molar-refractivity contribution in [2.75, 3.05) is 36.9 Å². The maximum atomic E-state index is 12.9. The van der Waals surface area contributed by atoms with Crippen LogP contribution in [-0.4, -0.2) is 48.7 Å². The van der Waals surface area contributed by atoms with Gasteiger partial charge in [0.25, 0.3) is 5.91 Å². The Morgan fingerprint density at radius 2 is 1.68 bits per heavy atom. The highest BCUT2D eigenvalue weighted by Crippen LogP contribution is 2.33. The number of nitrogens with two attached hydrogens (primary N) is 1. The zero-order valence-electron chi connectivity index (χ0n) is 20.9. The van der Waals surface area contributed by atoms with Crippen molar-refractivity contribution in [1.82, 2.24) is 4.90 Å². The van der Waals surface area contributed by atoms with Crippen LogP contribution in [0.1, 0.15) is 45.7 Å². The Hall–Kier alpha value is -4.43. The second-order valence-corrected chi connectivity index (χ2v) is 8.59. The average molecular weight is 499 g/mol. The fourth-order valence-electron chi connectivity index (χ4n) is 4.09. The van der Waals surface area contributed by atoms with Gasteiger partial charge in [-0.25, -0.2) is 0 Å². The molecule has 3 aromatic rings. The summed E-state index contributed by atoms with van der Waals surface area (Å²) >= 11 is 0. The first-order chi connectivity index (χ1) is 17.9. The van der Waals surface area contributed by atoms with Gasteiger partial charge in [-0.1, -0.05) is 38.1 Å². The van der Waals surface area contributed by atoms with Crippen LogP contribution >= 0.6 is 0 Å². The van der Waals surface area contributed by atoms with Crippen molar-refractivity contribution in [3.63, 3.8) is 0 Å². The van der Waals surface area contributed by atoms with E-state index in [1.807, 2.05) is 24.3 Å². The molecule has 0 saturated carbocycles. The molecule has 0 bridgehead atoms. The molecular formula is C29H30N4O4. The van der Waals surface area contributed by atoms with Crippen LogP contribution in [0, 0.1) is 0 Å². The monoisotopic (exact) mass is 498 g/mol. The number of primary amides is 1. The molecule has 4 N–H and O–H groups in total. The number of hydrogen-bond acceptors (Lipinski definition) is 6. The number of fused-ring (bicyclic) bond motifs is 1. The maximum Gasteiger partial charge on any atom is 0.257 e. The van der Waals surface area contributed by atoms with Crippen LogP contribution in [0.25, 0.3) is 5.57 Å².